The van der Waals surface area contributed by atoms with Crippen LogP contribution in [0.25, 0.3) is 11.0 Å². The number of rotatable bonds is 5. The number of likely N-dealkylation sites (N-methyl/N-ethyl adjacent to an activating group) is 2. The summed E-state index contributed by atoms with van der Waals surface area (Å²) in [6.45, 7) is 3.51. The Labute approximate surface area is 119 Å². The summed E-state index contributed by atoms with van der Waals surface area (Å²) < 4.78 is 1.93. The number of aromatic nitrogens is 2. The number of amides is 1. The van der Waals surface area contributed by atoms with Gasteiger partial charge in [0.2, 0.25) is 5.91 Å². The average molecular weight is 274 g/mol. The van der Waals surface area contributed by atoms with Crippen LogP contribution < -0.4 is 0 Å². The van der Waals surface area contributed by atoms with Gasteiger partial charge in [0.05, 0.1) is 17.4 Å². The van der Waals surface area contributed by atoms with Crippen molar-refractivity contribution >= 4 is 16.9 Å². The van der Waals surface area contributed by atoms with Gasteiger partial charge in [-0.3, -0.25) is 4.79 Å². The topological polar surface area (TPSA) is 41.4 Å². The third kappa shape index (κ3) is 2.99. The molecule has 5 nitrogen and oxygen atoms in total. The van der Waals surface area contributed by atoms with Crippen LogP contribution >= 0.6 is 0 Å². The van der Waals surface area contributed by atoms with Crippen molar-refractivity contribution in [3.63, 3.8) is 0 Å². The summed E-state index contributed by atoms with van der Waals surface area (Å²) in [6, 6.07) is 7.63. The zero-order valence-corrected chi connectivity index (χ0v) is 12.6. The van der Waals surface area contributed by atoms with Gasteiger partial charge in [0.25, 0.3) is 0 Å². The number of para-hydroxylation sites is 2. The minimum Gasteiger partial charge on any atom is -0.343 e. The Hall–Kier alpha value is -1.88. The number of carbonyl (C=O) groups is 1. The van der Waals surface area contributed by atoms with E-state index in [0.29, 0.717) is 0 Å². The molecular formula is C15H22N4O. The van der Waals surface area contributed by atoms with Gasteiger partial charge in [-0.15, -0.1) is 0 Å². The van der Waals surface area contributed by atoms with Gasteiger partial charge in [-0.1, -0.05) is 12.1 Å². The first-order chi connectivity index (χ1) is 9.50. The maximum Gasteiger partial charge on any atom is 0.245 e. The smallest absolute Gasteiger partial charge is 0.245 e. The summed E-state index contributed by atoms with van der Waals surface area (Å²) in [5.41, 5.74) is 1.91. The molecule has 1 amide bonds. The van der Waals surface area contributed by atoms with Crippen molar-refractivity contribution in [1.29, 1.82) is 0 Å². The number of hydrogen-bond acceptors (Lipinski definition) is 3. The Bertz CT molecular complexity index is 590. The first-order valence-corrected chi connectivity index (χ1v) is 6.82. The molecule has 0 fully saturated rings. The van der Waals surface area contributed by atoms with E-state index in [1.807, 2.05) is 56.9 Å². The van der Waals surface area contributed by atoms with Crippen LogP contribution in [0.2, 0.25) is 0 Å². The highest BCUT2D eigenvalue weighted by Gasteiger charge is 2.20. The van der Waals surface area contributed by atoms with Gasteiger partial charge in [-0.2, -0.15) is 0 Å². The van der Waals surface area contributed by atoms with Gasteiger partial charge in [-0.05, 0) is 33.2 Å². The molecule has 0 aliphatic heterocycles. The van der Waals surface area contributed by atoms with E-state index in [9.17, 15) is 4.79 Å². The van der Waals surface area contributed by atoms with Gasteiger partial charge < -0.3 is 14.4 Å². The Morgan fingerprint density at radius 1 is 1.25 bits per heavy atom. The summed E-state index contributed by atoms with van der Waals surface area (Å²) >= 11 is 0. The van der Waals surface area contributed by atoms with Crippen molar-refractivity contribution in [2.24, 2.45) is 0 Å². The molecule has 1 aromatic carbocycles. The number of imidazole rings is 1. The molecule has 1 heterocycles. The summed E-state index contributed by atoms with van der Waals surface area (Å²) in [6.07, 6.45) is 1.74. The second-order valence-electron chi connectivity index (χ2n) is 5.38. The van der Waals surface area contributed by atoms with Crippen LogP contribution in [0.15, 0.2) is 30.6 Å². The third-order valence-electron chi connectivity index (χ3n) is 3.51. The Kier molecular flexibility index (Phi) is 4.39. The average Bonchev–Trinajstić information content (AvgIpc) is 2.87. The maximum absolute atomic E-state index is 12.5. The fourth-order valence-corrected chi connectivity index (χ4v) is 2.19. The number of hydrogen-bond donors (Lipinski definition) is 0. The van der Waals surface area contributed by atoms with Crippen molar-refractivity contribution in [1.82, 2.24) is 19.4 Å². The molecule has 1 atom stereocenters. The lowest BCUT2D eigenvalue weighted by Gasteiger charge is -2.24. The lowest BCUT2D eigenvalue weighted by atomic mass is 10.2. The Morgan fingerprint density at radius 2 is 1.95 bits per heavy atom. The molecule has 0 spiro atoms. The minimum atomic E-state index is -0.241. The molecule has 0 bridgehead atoms. The summed E-state index contributed by atoms with van der Waals surface area (Å²) in [7, 11) is 5.86. The Morgan fingerprint density at radius 3 is 2.65 bits per heavy atom. The number of fused-ring (bicyclic) bond motifs is 1. The molecule has 2 rings (SSSR count). The van der Waals surface area contributed by atoms with Crippen LogP contribution in [0, 0.1) is 0 Å². The number of carbonyl (C=O) groups excluding carboxylic acids is 1. The van der Waals surface area contributed by atoms with Crippen LogP contribution in [0.4, 0.5) is 0 Å². The molecule has 20 heavy (non-hydrogen) atoms. The van der Waals surface area contributed by atoms with Gasteiger partial charge in [0, 0.05) is 20.1 Å². The summed E-state index contributed by atoms with van der Waals surface area (Å²) in [4.78, 5) is 20.6. The highest BCUT2D eigenvalue weighted by atomic mass is 16.2. The van der Waals surface area contributed by atoms with Crippen LogP contribution in [0.3, 0.4) is 0 Å². The van der Waals surface area contributed by atoms with Crippen molar-refractivity contribution in [2.45, 2.75) is 13.0 Å². The van der Waals surface area contributed by atoms with Crippen LogP contribution in [0.5, 0.6) is 0 Å². The standard InChI is InChI=1S/C15H22N4O/c1-12(15(20)18(4)10-9-17(2)3)19-11-16-13-7-5-6-8-14(13)19/h5-8,11-12H,9-10H2,1-4H3. The van der Waals surface area contributed by atoms with Gasteiger partial charge in [-0.25, -0.2) is 4.98 Å². The van der Waals surface area contributed by atoms with E-state index < -0.39 is 0 Å². The molecule has 2 aromatic rings. The fraction of sp³-hybridized carbons (Fsp3) is 0.467. The zero-order valence-electron chi connectivity index (χ0n) is 12.6. The van der Waals surface area contributed by atoms with Crippen LogP contribution in [-0.2, 0) is 4.79 Å². The molecule has 0 saturated carbocycles. The first kappa shape index (κ1) is 14.5. The van der Waals surface area contributed by atoms with Crippen molar-refractivity contribution in [2.75, 3.05) is 34.2 Å². The van der Waals surface area contributed by atoms with E-state index in [-0.39, 0.29) is 11.9 Å². The predicted octanol–water partition coefficient (Wildman–Crippen LogP) is 1.62. The molecule has 1 aromatic heterocycles. The third-order valence-corrected chi connectivity index (χ3v) is 3.51. The maximum atomic E-state index is 12.5. The predicted molar refractivity (Wildman–Crippen MR) is 80.6 cm³/mol. The second-order valence-corrected chi connectivity index (χ2v) is 5.38. The van der Waals surface area contributed by atoms with Crippen LogP contribution in [-0.4, -0.2) is 59.5 Å². The summed E-state index contributed by atoms with van der Waals surface area (Å²) in [5, 5.41) is 0. The molecule has 108 valence electrons. The van der Waals surface area contributed by atoms with Gasteiger partial charge >= 0.3 is 0 Å². The molecule has 0 aliphatic carbocycles. The van der Waals surface area contributed by atoms with E-state index in [2.05, 4.69) is 9.88 Å². The molecule has 0 radical (unpaired) electrons. The highest BCUT2D eigenvalue weighted by molar-refractivity contribution is 5.83. The first-order valence-electron chi connectivity index (χ1n) is 6.82. The molecular weight excluding hydrogens is 252 g/mol. The van der Waals surface area contributed by atoms with E-state index in [4.69, 9.17) is 0 Å². The lowest BCUT2D eigenvalue weighted by molar-refractivity contribution is -0.133. The molecule has 0 N–H and O–H groups in total. The quantitative estimate of drug-likeness (QED) is 0.832. The fourth-order valence-electron chi connectivity index (χ4n) is 2.19. The number of benzene rings is 1. The number of nitrogens with zero attached hydrogens (tertiary/aromatic N) is 4. The van der Waals surface area contributed by atoms with Gasteiger partial charge in [0.1, 0.15) is 6.04 Å². The normalized spacial score (nSPS) is 12.8. The van der Waals surface area contributed by atoms with Crippen molar-refractivity contribution < 1.29 is 4.79 Å². The minimum absolute atomic E-state index is 0.106. The largest absolute Gasteiger partial charge is 0.343 e. The van der Waals surface area contributed by atoms with E-state index in [1.165, 1.54) is 0 Å². The molecule has 0 aliphatic rings. The monoisotopic (exact) mass is 274 g/mol. The summed E-state index contributed by atoms with van der Waals surface area (Å²) in [5.74, 6) is 0.106. The molecule has 0 saturated heterocycles. The van der Waals surface area contributed by atoms with Crippen molar-refractivity contribution in [3.8, 4) is 0 Å². The van der Waals surface area contributed by atoms with Crippen molar-refractivity contribution in [3.05, 3.63) is 30.6 Å². The van der Waals surface area contributed by atoms with Gasteiger partial charge in [0.15, 0.2) is 0 Å². The highest BCUT2D eigenvalue weighted by Crippen LogP contribution is 2.18. The Balaban J connectivity index is 2.14. The molecule has 1 unspecified atom stereocenters. The second kappa shape index (κ2) is 6.05. The zero-order chi connectivity index (χ0) is 14.7. The molecule has 5 heteroatoms. The van der Waals surface area contributed by atoms with Crippen LogP contribution in [0.1, 0.15) is 13.0 Å². The lowest BCUT2D eigenvalue weighted by Crippen LogP contribution is -2.37. The van der Waals surface area contributed by atoms with E-state index >= 15 is 0 Å². The SMILES string of the molecule is CC(C(=O)N(C)CCN(C)C)n1cnc2ccccc21. The van der Waals surface area contributed by atoms with E-state index in [1.54, 1.807) is 11.2 Å². The van der Waals surface area contributed by atoms with E-state index in [0.717, 1.165) is 24.1 Å².